The van der Waals surface area contributed by atoms with Crippen molar-refractivity contribution >= 4 is 17.7 Å². The van der Waals surface area contributed by atoms with Crippen molar-refractivity contribution in [2.45, 2.75) is 138 Å². The van der Waals surface area contributed by atoms with Crippen LogP contribution in [0.25, 0.3) is 11.4 Å². The lowest BCUT2D eigenvalue weighted by molar-refractivity contribution is -0.232. The fourth-order valence-electron chi connectivity index (χ4n) is 13.3. The molecule has 4 saturated carbocycles. The molecule has 1 aromatic heterocycles. The van der Waals surface area contributed by atoms with Crippen LogP contribution in [-0.2, 0) is 31.6 Å². The number of rotatable bonds is 7. The van der Waals surface area contributed by atoms with Crippen LogP contribution in [0, 0.1) is 56.6 Å². The molecular formula is C44H60FN3O5. The molecule has 0 aliphatic heterocycles. The minimum absolute atomic E-state index is 0.0260. The molecule has 53 heavy (non-hydrogen) atoms. The Labute approximate surface area is 314 Å². The molecule has 0 bridgehead atoms. The van der Waals surface area contributed by atoms with Gasteiger partial charge in [0.1, 0.15) is 17.7 Å². The van der Waals surface area contributed by atoms with Gasteiger partial charge in [0.25, 0.3) is 0 Å². The normalized spacial score (nSPS) is 36.4. The topological polar surface area (TPSA) is 111 Å². The fraction of sp³-hybridized carbons (Fsp3) is 0.705. The average molecular weight is 730 g/mol. The molecule has 0 amide bonds. The highest BCUT2D eigenvalue weighted by Gasteiger charge is 2.71. The first-order valence-corrected chi connectivity index (χ1v) is 20.0. The molecule has 0 radical (unpaired) electrons. The van der Waals surface area contributed by atoms with Gasteiger partial charge in [0, 0.05) is 24.4 Å². The van der Waals surface area contributed by atoms with Crippen LogP contribution in [0.4, 0.5) is 4.39 Å². The van der Waals surface area contributed by atoms with Crippen LogP contribution >= 0.6 is 0 Å². The molecule has 0 saturated heterocycles. The third kappa shape index (κ3) is 5.35. The molecule has 2 aromatic rings. The predicted molar refractivity (Wildman–Crippen MR) is 201 cm³/mol. The molecule has 1 aromatic carbocycles. The number of halogens is 1. The van der Waals surface area contributed by atoms with Gasteiger partial charge in [-0.1, -0.05) is 48.5 Å². The summed E-state index contributed by atoms with van der Waals surface area (Å²) in [6.45, 7) is 19.6. The number of hydrogen-bond acceptors (Lipinski definition) is 6. The van der Waals surface area contributed by atoms with Gasteiger partial charge in [-0.2, -0.15) is 0 Å². The van der Waals surface area contributed by atoms with Crippen molar-refractivity contribution in [3.8, 4) is 11.4 Å². The van der Waals surface area contributed by atoms with E-state index in [2.05, 4.69) is 58.1 Å². The lowest BCUT2D eigenvalue weighted by Crippen LogP contribution is -2.66. The number of ether oxygens (including phenoxy) is 1. The van der Waals surface area contributed by atoms with E-state index in [1.54, 1.807) is 26.0 Å². The first kappa shape index (κ1) is 37.9. The maximum atomic E-state index is 14.2. The minimum Gasteiger partial charge on any atom is -0.481 e. The Morgan fingerprint density at radius 2 is 1.62 bits per heavy atom. The summed E-state index contributed by atoms with van der Waals surface area (Å²) in [5, 5.41) is 19.1. The zero-order valence-electron chi connectivity index (χ0n) is 33.6. The number of fused-ring (bicyclic) bond motifs is 7. The summed E-state index contributed by atoms with van der Waals surface area (Å²) in [6.07, 6.45) is 7.82. The highest BCUT2D eigenvalue weighted by molar-refractivity contribution is 6.01. The minimum atomic E-state index is -1.17. The molecule has 1 N–H and O–H groups in total. The number of allylic oxidation sites excluding steroid dienone is 2. The average Bonchev–Trinajstić information content (AvgIpc) is 3.60. The number of aromatic nitrogens is 3. The first-order chi connectivity index (χ1) is 24.6. The molecule has 0 spiro atoms. The van der Waals surface area contributed by atoms with E-state index in [0.29, 0.717) is 24.1 Å². The SMILES string of the molecule is CC(C)C1=C2[C@H]3CC[C@@H]4[C@@]5(C)CC[C@H](OC(=O)CC(C)(C)C(=O)O)C(C)(C)[C@@H]5CC[C@@]4(C)[C@]3(C)CC[C@@]2(c2nnc(-c3ccc(F)cc3)n2C)CC1=O. The summed E-state index contributed by atoms with van der Waals surface area (Å²) in [4.78, 5) is 39.1. The van der Waals surface area contributed by atoms with Crippen molar-refractivity contribution in [3.63, 3.8) is 0 Å². The molecule has 1 heterocycles. The van der Waals surface area contributed by atoms with E-state index >= 15 is 0 Å². The summed E-state index contributed by atoms with van der Waals surface area (Å²) in [7, 11) is 1.99. The number of carbonyl (C=O) groups is 3. The van der Waals surface area contributed by atoms with Gasteiger partial charge in [-0.05, 0) is 141 Å². The number of aliphatic carboxylic acids is 1. The predicted octanol–water partition coefficient (Wildman–Crippen LogP) is 9.27. The second-order valence-electron chi connectivity index (χ2n) is 19.9. The van der Waals surface area contributed by atoms with Crippen LogP contribution < -0.4 is 0 Å². The summed E-state index contributed by atoms with van der Waals surface area (Å²) < 4.78 is 22.1. The largest absolute Gasteiger partial charge is 0.481 e. The highest BCUT2D eigenvalue weighted by Crippen LogP contribution is 2.76. The number of hydrogen-bond donors (Lipinski definition) is 1. The Kier molecular flexibility index (Phi) is 8.82. The van der Waals surface area contributed by atoms with Gasteiger partial charge in [0.05, 0.1) is 17.3 Å². The van der Waals surface area contributed by atoms with E-state index in [4.69, 9.17) is 9.84 Å². The molecule has 5 aliphatic carbocycles. The standard InChI is InChI=1S/C44H60FN3O5/c1-25(2)34-29(49)23-44(37-47-46-36(48(37)10)26-11-13-27(45)14-12-26)22-21-42(8)28(35(34)44)15-16-31-41(7)19-18-32(53-33(50)24-39(3,4)38(51)52)40(5,6)30(41)17-20-43(31,42)9/h11-14,25,28,30-32H,15-24H2,1-10H3,(H,51,52)/t28-,30+,31-,32+,41+,42-,43-,44-/m1/s1. The number of carboxylic acid groups (broad SMARTS) is 1. The number of Topliss-reactive ketones (excluding diaryl/α,β-unsaturated/α-hetero) is 1. The van der Waals surface area contributed by atoms with Gasteiger partial charge in [-0.25, -0.2) is 4.39 Å². The summed E-state index contributed by atoms with van der Waals surface area (Å²) in [6, 6.07) is 6.39. The van der Waals surface area contributed by atoms with Gasteiger partial charge >= 0.3 is 11.9 Å². The summed E-state index contributed by atoms with van der Waals surface area (Å²) in [5.74, 6) is 1.25. The van der Waals surface area contributed by atoms with Crippen LogP contribution in [0.15, 0.2) is 35.4 Å². The number of nitrogens with zero attached hydrogens (tertiary/aromatic N) is 3. The van der Waals surface area contributed by atoms with E-state index in [9.17, 15) is 23.9 Å². The molecule has 8 atom stereocenters. The van der Waals surface area contributed by atoms with Gasteiger partial charge in [0.2, 0.25) is 0 Å². The molecule has 0 unspecified atom stereocenters. The number of benzene rings is 1. The number of carboxylic acids is 1. The van der Waals surface area contributed by atoms with Gasteiger partial charge in [0.15, 0.2) is 11.6 Å². The molecule has 288 valence electrons. The van der Waals surface area contributed by atoms with Crippen LogP contribution in [0.3, 0.4) is 0 Å². The Hall–Kier alpha value is -3.36. The van der Waals surface area contributed by atoms with Crippen LogP contribution in [0.5, 0.6) is 0 Å². The lowest BCUT2D eigenvalue weighted by atomic mass is 9.33. The van der Waals surface area contributed by atoms with E-state index < -0.39 is 22.8 Å². The Balaban J connectivity index is 1.22. The smallest absolute Gasteiger partial charge is 0.309 e. The highest BCUT2D eigenvalue weighted by atomic mass is 19.1. The van der Waals surface area contributed by atoms with Crippen molar-refractivity contribution in [2.75, 3.05) is 0 Å². The van der Waals surface area contributed by atoms with Gasteiger partial charge < -0.3 is 14.4 Å². The maximum Gasteiger partial charge on any atom is 0.309 e. The number of ketones is 1. The van der Waals surface area contributed by atoms with E-state index in [0.717, 1.165) is 68.3 Å². The zero-order chi connectivity index (χ0) is 38.7. The summed E-state index contributed by atoms with van der Waals surface area (Å²) in [5.41, 5.74) is 1.26. The molecule has 7 rings (SSSR count). The van der Waals surface area contributed by atoms with Crippen molar-refractivity contribution in [3.05, 3.63) is 47.1 Å². The Morgan fingerprint density at radius 1 is 0.943 bits per heavy atom. The quantitative estimate of drug-likeness (QED) is 0.283. The maximum absolute atomic E-state index is 14.2. The third-order valence-corrected chi connectivity index (χ3v) is 16.2. The molecule has 8 nitrogen and oxygen atoms in total. The van der Waals surface area contributed by atoms with E-state index in [-0.39, 0.29) is 57.6 Å². The van der Waals surface area contributed by atoms with Crippen LogP contribution in [-0.4, -0.2) is 43.7 Å². The van der Waals surface area contributed by atoms with Crippen molar-refractivity contribution in [1.82, 2.24) is 14.8 Å². The lowest BCUT2D eigenvalue weighted by Gasteiger charge is -2.72. The first-order valence-electron chi connectivity index (χ1n) is 20.0. The molecule has 9 heteroatoms. The monoisotopic (exact) mass is 729 g/mol. The zero-order valence-corrected chi connectivity index (χ0v) is 33.6. The molecule has 4 fully saturated rings. The Morgan fingerprint density at radius 3 is 2.26 bits per heavy atom. The van der Waals surface area contributed by atoms with Gasteiger partial charge in [-0.3, -0.25) is 14.4 Å². The van der Waals surface area contributed by atoms with E-state index in [1.807, 2.05) is 7.05 Å². The van der Waals surface area contributed by atoms with Crippen molar-refractivity contribution in [1.29, 1.82) is 0 Å². The number of esters is 1. The van der Waals surface area contributed by atoms with Crippen molar-refractivity contribution in [2.24, 2.45) is 57.8 Å². The Bertz CT molecular complexity index is 1880. The summed E-state index contributed by atoms with van der Waals surface area (Å²) >= 11 is 0. The number of carbonyl (C=O) groups excluding carboxylic acids is 2. The third-order valence-electron chi connectivity index (χ3n) is 16.2. The van der Waals surface area contributed by atoms with Crippen molar-refractivity contribution < 1.29 is 28.6 Å². The molecule has 5 aliphatic rings. The second-order valence-corrected chi connectivity index (χ2v) is 19.9. The van der Waals surface area contributed by atoms with Crippen LogP contribution in [0.2, 0.25) is 0 Å². The second kappa shape index (κ2) is 12.3. The van der Waals surface area contributed by atoms with Gasteiger partial charge in [-0.15, -0.1) is 10.2 Å². The molecular weight excluding hydrogens is 669 g/mol. The van der Waals surface area contributed by atoms with Crippen LogP contribution in [0.1, 0.15) is 132 Å². The fourth-order valence-corrected chi connectivity index (χ4v) is 13.3. The van der Waals surface area contributed by atoms with E-state index in [1.165, 1.54) is 17.7 Å².